The van der Waals surface area contributed by atoms with Gasteiger partial charge >= 0.3 is 6.09 Å². The van der Waals surface area contributed by atoms with E-state index in [1.54, 1.807) is 15.4 Å². The summed E-state index contributed by atoms with van der Waals surface area (Å²) in [5.41, 5.74) is 2.03. The number of aromatic nitrogens is 6. The number of halogens is 3. The Kier molecular flexibility index (Phi) is 8.33. The van der Waals surface area contributed by atoms with Crippen LogP contribution in [0.2, 0.25) is 5.15 Å². The third kappa shape index (κ3) is 6.16. The van der Waals surface area contributed by atoms with Crippen LogP contribution >= 0.6 is 11.6 Å². The van der Waals surface area contributed by atoms with E-state index < -0.39 is 23.3 Å². The molecule has 0 N–H and O–H groups in total. The Hall–Kier alpha value is -3.84. The summed E-state index contributed by atoms with van der Waals surface area (Å²) < 4.78 is 48.2. The van der Waals surface area contributed by atoms with Crippen LogP contribution in [-0.2, 0) is 9.47 Å². The number of nitrogens with zero attached hydrogens (tertiary/aromatic N) is 7. The minimum absolute atomic E-state index is 0.0609. The molecule has 1 saturated heterocycles. The minimum Gasteiger partial charge on any atom is -0.475 e. The summed E-state index contributed by atoms with van der Waals surface area (Å²) in [6, 6.07) is 4.37. The van der Waals surface area contributed by atoms with E-state index in [1.807, 2.05) is 38.4 Å². The van der Waals surface area contributed by atoms with Gasteiger partial charge < -0.3 is 19.1 Å². The van der Waals surface area contributed by atoms with E-state index >= 15 is 0 Å². The number of carbonyl (C=O) groups excluding carboxylic acids is 1. The number of methoxy groups -OCH3 is 1. The number of carbonyl (C=O) groups is 1. The minimum atomic E-state index is -0.916. The van der Waals surface area contributed by atoms with Crippen LogP contribution in [0.15, 0.2) is 30.6 Å². The summed E-state index contributed by atoms with van der Waals surface area (Å²) in [5, 5.41) is 9.21. The Morgan fingerprint density at radius 3 is 2.55 bits per heavy atom. The van der Waals surface area contributed by atoms with Gasteiger partial charge in [0.25, 0.3) is 0 Å². The Labute approximate surface area is 246 Å². The van der Waals surface area contributed by atoms with Gasteiger partial charge in [0.15, 0.2) is 0 Å². The normalized spacial score (nSPS) is 15.3. The van der Waals surface area contributed by atoms with Crippen molar-refractivity contribution in [2.24, 2.45) is 0 Å². The summed E-state index contributed by atoms with van der Waals surface area (Å²) in [4.78, 5) is 22.4. The smallest absolute Gasteiger partial charge is 0.410 e. The van der Waals surface area contributed by atoms with Crippen LogP contribution in [-0.4, -0.2) is 72.8 Å². The van der Waals surface area contributed by atoms with Gasteiger partial charge in [-0.05, 0) is 46.6 Å². The molecule has 1 fully saturated rings. The molecular weight excluding hydrogens is 572 g/mol. The molecule has 11 nitrogen and oxygen atoms in total. The highest BCUT2D eigenvalue weighted by Crippen LogP contribution is 2.33. The number of fused-ring (bicyclic) bond motifs is 1. The van der Waals surface area contributed by atoms with Gasteiger partial charge in [0, 0.05) is 37.9 Å². The first-order valence-electron chi connectivity index (χ1n) is 13.5. The van der Waals surface area contributed by atoms with E-state index in [-0.39, 0.29) is 24.4 Å². The highest BCUT2D eigenvalue weighted by molar-refractivity contribution is 6.29. The van der Waals surface area contributed by atoms with Crippen molar-refractivity contribution in [1.82, 2.24) is 34.3 Å². The van der Waals surface area contributed by atoms with Crippen LogP contribution in [0, 0.1) is 18.6 Å². The molecule has 1 aliphatic rings. The van der Waals surface area contributed by atoms with Gasteiger partial charge in [0.2, 0.25) is 5.88 Å². The van der Waals surface area contributed by atoms with Crippen molar-refractivity contribution < 1.29 is 27.8 Å². The van der Waals surface area contributed by atoms with Gasteiger partial charge in [-0.3, -0.25) is 9.38 Å². The summed E-state index contributed by atoms with van der Waals surface area (Å²) in [5.74, 6) is -1.31. The second-order valence-corrected chi connectivity index (χ2v) is 11.5. The molecule has 14 heteroatoms. The summed E-state index contributed by atoms with van der Waals surface area (Å²) in [7, 11) is 1.38. The Bertz CT molecular complexity index is 1600. The first kappa shape index (κ1) is 29.6. The zero-order valence-electron chi connectivity index (χ0n) is 24.0. The average Bonchev–Trinajstić information content (AvgIpc) is 3.51. The zero-order valence-corrected chi connectivity index (χ0v) is 24.7. The molecule has 224 valence electrons. The van der Waals surface area contributed by atoms with Crippen molar-refractivity contribution in [2.75, 3.05) is 26.8 Å². The van der Waals surface area contributed by atoms with Crippen LogP contribution < -0.4 is 4.74 Å². The molecule has 4 aromatic heterocycles. The Morgan fingerprint density at radius 2 is 1.88 bits per heavy atom. The molecule has 0 saturated carbocycles. The maximum absolute atomic E-state index is 14.4. The molecule has 0 radical (unpaired) electrons. The highest BCUT2D eigenvalue weighted by Gasteiger charge is 2.29. The maximum Gasteiger partial charge on any atom is 0.410 e. The second-order valence-electron chi connectivity index (χ2n) is 11.1. The number of hydrogen-bond acceptors (Lipinski definition) is 8. The van der Waals surface area contributed by atoms with E-state index in [1.165, 1.54) is 13.3 Å². The van der Waals surface area contributed by atoms with E-state index in [0.717, 1.165) is 18.0 Å². The van der Waals surface area contributed by atoms with Crippen molar-refractivity contribution >= 4 is 23.3 Å². The van der Waals surface area contributed by atoms with Crippen molar-refractivity contribution in [2.45, 2.75) is 58.3 Å². The van der Waals surface area contributed by atoms with E-state index in [4.69, 9.17) is 25.8 Å². The largest absolute Gasteiger partial charge is 0.475 e. The molecule has 4 aromatic rings. The number of amides is 1. The van der Waals surface area contributed by atoms with Gasteiger partial charge in [-0.1, -0.05) is 16.8 Å². The topological polar surface area (TPSA) is 109 Å². The molecule has 5 heterocycles. The van der Waals surface area contributed by atoms with E-state index in [2.05, 4.69) is 20.3 Å². The zero-order chi connectivity index (χ0) is 30.2. The number of imidazole rings is 1. The number of likely N-dealkylation sites (tertiary alicyclic amines) is 1. The molecule has 1 unspecified atom stereocenters. The molecule has 1 aliphatic heterocycles. The number of rotatable bonds is 7. The van der Waals surface area contributed by atoms with Gasteiger partial charge in [0.1, 0.15) is 52.1 Å². The molecular formula is C28H32ClF2N7O4. The molecule has 0 aliphatic carbocycles. The fourth-order valence-electron chi connectivity index (χ4n) is 4.94. The van der Waals surface area contributed by atoms with Gasteiger partial charge in [0.05, 0.1) is 24.1 Å². The van der Waals surface area contributed by atoms with Crippen LogP contribution in [0.25, 0.3) is 16.9 Å². The standard InChI is InChI=1S/C28H32ClF2N7O4/c1-16-25(34-35-38(16)19-6-8-36(9-7-19)27(39)42-28(2,3)4)17-10-23-32-14-22(29)37(23)24(11-17)41-15-21(40-5)26-20(31)12-18(30)13-33-26/h10-14,19,21H,6-9,15H2,1-5H3. The van der Waals surface area contributed by atoms with E-state index in [9.17, 15) is 13.6 Å². The summed E-state index contributed by atoms with van der Waals surface area (Å²) in [6.07, 6.45) is 2.59. The molecule has 0 bridgehead atoms. The monoisotopic (exact) mass is 603 g/mol. The lowest BCUT2D eigenvalue weighted by Gasteiger charge is -2.33. The lowest BCUT2D eigenvalue weighted by Crippen LogP contribution is -2.42. The number of pyridine rings is 2. The predicted molar refractivity (Wildman–Crippen MR) is 149 cm³/mol. The quantitative estimate of drug-likeness (QED) is 0.270. The Balaban J connectivity index is 1.37. The van der Waals surface area contributed by atoms with Crippen molar-refractivity contribution in [3.8, 4) is 17.1 Å². The molecule has 1 atom stereocenters. The first-order chi connectivity index (χ1) is 19.9. The third-order valence-corrected chi connectivity index (χ3v) is 7.27. The summed E-state index contributed by atoms with van der Waals surface area (Å²) >= 11 is 6.40. The van der Waals surface area contributed by atoms with Crippen molar-refractivity contribution in [3.05, 3.63) is 58.8 Å². The lowest BCUT2D eigenvalue weighted by molar-refractivity contribution is 0.0183. The molecule has 0 aromatic carbocycles. The predicted octanol–water partition coefficient (Wildman–Crippen LogP) is 5.57. The third-order valence-electron chi connectivity index (χ3n) is 7.00. The number of hydrogen-bond donors (Lipinski definition) is 0. The molecule has 5 rings (SSSR count). The van der Waals surface area contributed by atoms with Crippen LogP contribution in [0.5, 0.6) is 5.88 Å². The molecule has 42 heavy (non-hydrogen) atoms. The highest BCUT2D eigenvalue weighted by atomic mass is 35.5. The number of ether oxygens (including phenoxy) is 3. The van der Waals surface area contributed by atoms with Gasteiger partial charge in [-0.25, -0.2) is 23.2 Å². The maximum atomic E-state index is 14.4. The molecule has 0 spiro atoms. The van der Waals surface area contributed by atoms with Crippen LogP contribution in [0.3, 0.4) is 0 Å². The van der Waals surface area contributed by atoms with Gasteiger partial charge in [-0.15, -0.1) is 5.10 Å². The lowest BCUT2D eigenvalue weighted by atomic mass is 10.0. The van der Waals surface area contributed by atoms with Crippen molar-refractivity contribution in [1.29, 1.82) is 0 Å². The average molecular weight is 604 g/mol. The number of piperidine rings is 1. The summed E-state index contributed by atoms with van der Waals surface area (Å²) in [6.45, 7) is 8.44. The van der Waals surface area contributed by atoms with Crippen LogP contribution in [0.4, 0.5) is 13.6 Å². The van der Waals surface area contributed by atoms with Crippen molar-refractivity contribution in [3.63, 3.8) is 0 Å². The second kappa shape index (κ2) is 11.8. The van der Waals surface area contributed by atoms with E-state index in [0.29, 0.717) is 53.9 Å². The van der Waals surface area contributed by atoms with Gasteiger partial charge in [-0.2, -0.15) is 0 Å². The molecule has 1 amide bonds. The fraction of sp³-hybridized carbons (Fsp3) is 0.464. The Morgan fingerprint density at radius 1 is 1.14 bits per heavy atom. The SMILES string of the molecule is COC(COc1cc(-c2nnn(C3CCN(C(=O)OC(C)(C)C)CC3)c2C)cc2ncc(Cl)n12)c1ncc(F)cc1F. The fourth-order valence-corrected chi connectivity index (χ4v) is 5.16. The first-order valence-corrected chi connectivity index (χ1v) is 13.9. The van der Waals surface area contributed by atoms with Crippen LogP contribution in [0.1, 0.15) is 57.1 Å².